The molecule has 68 valence electrons. The highest BCUT2D eigenvalue weighted by Gasteiger charge is 1.99. The first-order valence-electron chi connectivity index (χ1n) is 3.65. The Morgan fingerprint density at radius 1 is 1.38 bits per heavy atom. The van der Waals surface area contributed by atoms with E-state index in [0.29, 0.717) is 6.42 Å². The van der Waals surface area contributed by atoms with Gasteiger partial charge >= 0.3 is 6.16 Å². The molecule has 0 amide bonds. The van der Waals surface area contributed by atoms with Gasteiger partial charge in [-0.25, -0.2) is 4.79 Å². The van der Waals surface area contributed by atoms with Gasteiger partial charge < -0.3 is 14.6 Å². The normalized spacial score (nSPS) is 9.23. The molecule has 0 bridgehead atoms. The van der Waals surface area contributed by atoms with E-state index < -0.39 is 6.16 Å². The molecule has 0 aliphatic carbocycles. The third kappa shape index (κ3) is 2.94. The number of carboxylic acid groups (broad SMARTS) is 1. The minimum Gasteiger partial charge on any atom is -0.449 e. The van der Waals surface area contributed by atoms with Crippen molar-refractivity contribution in [3.63, 3.8) is 0 Å². The van der Waals surface area contributed by atoms with E-state index in [-0.39, 0.29) is 5.75 Å². The number of hydrogen-bond donors (Lipinski definition) is 1. The summed E-state index contributed by atoms with van der Waals surface area (Å²) < 4.78 is 4.38. The predicted octanol–water partition coefficient (Wildman–Crippen LogP) is 1.48. The zero-order chi connectivity index (χ0) is 9.68. The first kappa shape index (κ1) is 9.25. The molecule has 0 radical (unpaired) electrons. The lowest BCUT2D eigenvalue weighted by Crippen LogP contribution is -2.02. The lowest BCUT2D eigenvalue weighted by molar-refractivity contribution is -0.107. The Hall–Kier alpha value is -1.84. The Bertz CT molecular complexity index is 302. The third-order valence-corrected chi connectivity index (χ3v) is 1.45. The fourth-order valence-electron chi connectivity index (χ4n) is 0.891. The Morgan fingerprint density at radius 2 is 2.00 bits per heavy atom. The molecule has 0 aromatic heterocycles. The molecule has 0 saturated carbocycles. The van der Waals surface area contributed by atoms with Crippen molar-refractivity contribution in [3.05, 3.63) is 29.8 Å². The van der Waals surface area contributed by atoms with Crippen molar-refractivity contribution in [2.45, 2.75) is 6.42 Å². The summed E-state index contributed by atoms with van der Waals surface area (Å²) in [5.74, 6) is 0.252. The molecule has 1 aromatic carbocycles. The number of aldehydes is 1. The maximum absolute atomic E-state index is 10.1. The predicted molar refractivity (Wildman–Crippen MR) is 44.9 cm³/mol. The average Bonchev–Trinajstić information content (AvgIpc) is 2.08. The topological polar surface area (TPSA) is 63.6 Å². The van der Waals surface area contributed by atoms with Gasteiger partial charge in [-0.1, -0.05) is 12.1 Å². The highest BCUT2D eigenvalue weighted by Crippen LogP contribution is 2.11. The molecule has 13 heavy (non-hydrogen) atoms. The van der Waals surface area contributed by atoms with E-state index in [4.69, 9.17) is 5.11 Å². The quantitative estimate of drug-likeness (QED) is 0.434. The van der Waals surface area contributed by atoms with Gasteiger partial charge in [-0.3, -0.25) is 0 Å². The second kappa shape index (κ2) is 4.25. The molecule has 0 saturated heterocycles. The van der Waals surface area contributed by atoms with Gasteiger partial charge in [0.2, 0.25) is 0 Å². The second-order valence-corrected chi connectivity index (χ2v) is 2.38. The standard InChI is InChI=1S/C9H8O4/c10-6-5-7-1-3-8(4-2-7)13-9(11)12/h1-4,6H,5H2,(H,11,12). The van der Waals surface area contributed by atoms with Crippen molar-refractivity contribution in [2.24, 2.45) is 0 Å². The molecule has 4 nitrogen and oxygen atoms in total. The van der Waals surface area contributed by atoms with Crippen LogP contribution < -0.4 is 4.74 Å². The molecule has 1 aromatic rings. The highest BCUT2D eigenvalue weighted by atomic mass is 16.7. The fourth-order valence-corrected chi connectivity index (χ4v) is 0.891. The summed E-state index contributed by atoms with van der Waals surface area (Å²) in [4.78, 5) is 20.2. The van der Waals surface area contributed by atoms with Crippen molar-refractivity contribution in [3.8, 4) is 5.75 Å². The zero-order valence-electron chi connectivity index (χ0n) is 6.77. The van der Waals surface area contributed by atoms with Crippen molar-refractivity contribution in [1.29, 1.82) is 0 Å². The van der Waals surface area contributed by atoms with Crippen molar-refractivity contribution in [2.75, 3.05) is 0 Å². The molecule has 4 heteroatoms. The van der Waals surface area contributed by atoms with Gasteiger partial charge in [0.05, 0.1) is 0 Å². The SMILES string of the molecule is O=CCc1ccc(OC(=O)O)cc1. The Labute approximate surface area is 74.8 Å². The van der Waals surface area contributed by atoms with Gasteiger partial charge in [-0.2, -0.15) is 0 Å². The number of ether oxygens (including phenoxy) is 1. The lowest BCUT2D eigenvalue weighted by atomic mass is 10.2. The van der Waals surface area contributed by atoms with Gasteiger partial charge in [0.1, 0.15) is 12.0 Å². The van der Waals surface area contributed by atoms with E-state index in [1.165, 1.54) is 12.1 Å². The average molecular weight is 180 g/mol. The molecule has 1 N–H and O–H groups in total. The third-order valence-electron chi connectivity index (χ3n) is 1.45. The number of benzene rings is 1. The second-order valence-electron chi connectivity index (χ2n) is 2.38. The van der Waals surface area contributed by atoms with Gasteiger partial charge in [0.25, 0.3) is 0 Å². The van der Waals surface area contributed by atoms with Crippen molar-refractivity contribution >= 4 is 12.4 Å². The monoisotopic (exact) mass is 180 g/mol. The van der Waals surface area contributed by atoms with E-state index in [9.17, 15) is 9.59 Å². The van der Waals surface area contributed by atoms with Gasteiger partial charge in [0, 0.05) is 6.42 Å². The molecule has 0 fully saturated rings. The molecule has 0 aliphatic heterocycles. The zero-order valence-corrected chi connectivity index (χ0v) is 6.77. The van der Waals surface area contributed by atoms with Crippen LogP contribution in [0.3, 0.4) is 0 Å². The molecule has 0 unspecified atom stereocenters. The Morgan fingerprint density at radius 3 is 2.46 bits per heavy atom. The first-order chi connectivity index (χ1) is 6.22. The van der Waals surface area contributed by atoms with Crippen molar-refractivity contribution in [1.82, 2.24) is 0 Å². The lowest BCUT2D eigenvalue weighted by Gasteiger charge is -1.99. The van der Waals surface area contributed by atoms with Crippen LogP contribution in [0.5, 0.6) is 5.75 Å². The number of hydrogen-bond acceptors (Lipinski definition) is 3. The molecule has 0 heterocycles. The Kier molecular flexibility index (Phi) is 3.03. The molecular weight excluding hydrogens is 172 g/mol. The summed E-state index contributed by atoms with van der Waals surface area (Å²) >= 11 is 0. The van der Waals surface area contributed by atoms with Gasteiger partial charge in [0.15, 0.2) is 0 Å². The van der Waals surface area contributed by atoms with Crippen LogP contribution in [0.2, 0.25) is 0 Å². The van der Waals surface area contributed by atoms with Crippen LogP contribution in [0.15, 0.2) is 24.3 Å². The highest BCUT2D eigenvalue weighted by molar-refractivity contribution is 5.61. The van der Waals surface area contributed by atoms with E-state index >= 15 is 0 Å². The Balaban J connectivity index is 2.69. The summed E-state index contributed by atoms with van der Waals surface area (Å²) in [6.07, 6.45) is -0.233. The molecule has 0 aliphatic rings. The first-order valence-corrected chi connectivity index (χ1v) is 3.65. The smallest absolute Gasteiger partial charge is 0.449 e. The van der Waals surface area contributed by atoms with E-state index in [1.807, 2.05) is 0 Å². The molecular formula is C9H8O4. The number of rotatable bonds is 3. The summed E-state index contributed by atoms with van der Waals surface area (Å²) in [5, 5.41) is 8.26. The summed E-state index contributed by atoms with van der Waals surface area (Å²) in [6, 6.07) is 6.30. The van der Waals surface area contributed by atoms with Crippen LogP contribution in [0.4, 0.5) is 4.79 Å². The minimum absolute atomic E-state index is 0.252. The van der Waals surface area contributed by atoms with E-state index in [2.05, 4.69) is 4.74 Å². The summed E-state index contributed by atoms with van der Waals surface area (Å²) in [7, 11) is 0. The number of carbonyl (C=O) groups excluding carboxylic acids is 1. The van der Waals surface area contributed by atoms with E-state index in [1.54, 1.807) is 12.1 Å². The van der Waals surface area contributed by atoms with Crippen LogP contribution >= 0.6 is 0 Å². The van der Waals surface area contributed by atoms with Crippen LogP contribution in [0, 0.1) is 0 Å². The molecule has 0 atom stereocenters. The largest absolute Gasteiger partial charge is 0.511 e. The van der Waals surface area contributed by atoms with Crippen LogP contribution in [-0.4, -0.2) is 17.5 Å². The summed E-state index contributed by atoms with van der Waals surface area (Å²) in [5.41, 5.74) is 0.827. The van der Waals surface area contributed by atoms with Crippen LogP contribution in [-0.2, 0) is 11.2 Å². The van der Waals surface area contributed by atoms with Crippen LogP contribution in [0.25, 0.3) is 0 Å². The van der Waals surface area contributed by atoms with Crippen molar-refractivity contribution < 1.29 is 19.4 Å². The van der Waals surface area contributed by atoms with Gasteiger partial charge in [-0.05, 0) is 17.7 Å². The van der Waals surface area contributed by atoms with Crippen LogP contribution in [0.1, 0.15) is 5.56 Å². The number of carbonyl (C=O) groups is 2. The minimum atomic E-state index is -1.34. The summed E-state index contributed by atoms with van der Waals surface area (Å²) in [6.45, 7) is 0. The maximum atomic E-state index is 10.1. The maximum Gasteiger partial charge on any atom is 0.511 e. The van der Waals surface area contributed by atoms with Gasteiger partial charge in [-0.15, -0.1) is 0 Å². The fraction of sp³-hybridized carbons (Fsp3) is 0.111. The molecule has 1 rings (SSSR count). The van der Waals surface area contributed by atoms with E-state index in [0.717, 1.165) is 11.8 Å². The molecule has 0 spiro atoms.